The zero-order chi connectivity index (χ0) is 39.6. The van der Waals surface area contributed by atoms with E-state index in [0.29, 0.717) is 41.7 Å². The fourth-order valence-electron chi connectivity index (χ4n) is 9.65. The zero-order valence-electron chi connectivity index (χ0n) is 32.3. The number of nitrogens with zero attached hydrogens (tertiary/aromatic N) is 2. The van der Waals surface area contributed by atoms with E-state index < -0.39 is 62.1 Å². The number of esters is 1. The third kappa shape index (κ3) is 7.66. The molecule has 5 fully saturated rings. The summed E-state index contributed by atoms with van der Waals surface area (Å²) in [5.41, 5.74) is -1.42. The third-order valence-corrected chi connectivity index (χ3v) is 15.2. The lowest BCUT2D eigenvalue weighted by Gasteiger charge is -2.32. The topological polar surface area (TPSA) is 158 Å². The monoisotopic (exact) mass is 793 g/mol. The number of hydrogen-bond acceptors (Lipinski definition) is 10. The largest absolute Gasteiger partial charge is 0.497 e. The number of allylic oxidation sites excluding steroid dienone is 2. The van der Waals surface area contributed by atoms with Crippen molar-refractivity contribution >= 4 is 44.4 Å². The average Bonchev–Trinajstić information content (AvgIpc) is 4.12. The van der Waals surface area contributed by atoms with Crippen LogP contribution >= 0.6 is 0 Å². The molecule has 4 saturated carbocycles. The summed E-state index contributed by atoms with van der Waals surface area (Å²) < 4.78 is 60.3. The Morgan fingerprint density at radius 2 is 1.80 bits per heavy atom. The van der Waals surface area contributed by atoms with Gasteiger partial charge >= 0.3 is 5.97 Å². The van der Waals surface area contributed by atoms with E-state index in [4.69, 9.17) is 14.2 Å². The quantitative estimate of drug-likeness (QED) is 0.242. The van der Waals surface area contributed by atoms with E-state index in [9.17, 15) is 32.0 Å². The molecule has 8 rings (SSSR count). The van der Waals surface area contributed by atoms with Crippen molar-refractivity contribution in [3.8, 4) is 11.6 Å². The van der Waals surface area contributed by atoms with Gasteiger partial charge in [0.1, 0.15) is 18.0 Å². The Labute approximate surface area is 327 Å². The molecule has 1 aromatic heterocycles. The Kier molecular flexibility index (Phi) is 10.2. The van der Waals surface area contributed by atoms with E-state index in [1.54, 1.807) is 19.4 Å². The second kappa shape index (κ2) is 14.7. The van der Waals surface area contributed by atoms with E-state index in [0.717, 1.165) is 24.6 Å². The summed E-state index contributed by atoms with van der Waals surface area (Å²) in [6.07, 6.45) is 9.11. The molecular formula is C42H52FN3O9S. The number of halogens is 1. The SMILES string of the molecule is COc1ccc2c(O[C@@H]3C[C@H]4C(=O)C[C@]5(C(=O)NS(=O)(=O)C6(F)CC6)C[C@H]5/C=C\CC[C@@H](C)C[C@@H](C)[C@H](CC(=O)OC5C[C@@H]6C[C@@H]6C5)C(=O)N4C3)nccc2c1. The minimum Gasteiger partial charge on any atom is -0.497 e. The first kappa shape index (κ1) is 38.8. The molecule has 10 atom stereocenters. The number of rotatable bonds is 9. The molecule has 1 saturated heterocycles. The van der Waals surface area contributed by atoms with Gasteiger partial charge in [0.05, 0.1) is 37.5 Å². The molecular weight excluding hydrogens is 742 g/mol. The van der Waals surface area contributed by atoms with Gasteiger partial charge in [-0.1, -0.05) is 26.0 Å². The molecule has 0 radical (unpaired) electrons. The number of hydrogen-bond donors (Lipinski definition) is 1. The van der Waals surface area contributed by atoms with Gasteiger partial charge in [-0.15, -0.1) is 0 Å². The molecule has 2 aliphatic heterocycles. The lowest BCUT2D eigenvalue weighted by Crippen LogP contribution is -2.48. The Bertz CT molecular complexity index is 2040. The smallest absolute Gasteiger partial charge is 0.306 e. The number of nitrogens with one attached hydrogen (secondary N) is 1. The van der Waals surface area contributed by atoms with Crippen LogP contribution in [-0.4, -0.2) is 78.8 Å². The summed E-state index contributed by atoms with van der Waals surface area (Å²) in [5.74, 6) is -1.11. The molecule has 0 spiro atoms. The maximum Gasteiger partial charge on any atom is 0.306 e. The molecule has 4 aliphatic carbocycles. The number of carbonyl (C=O) groups excluding carboxylic acids is 4. The molecule has 3 heterocycles. The number of alkyl halides is 1. The standard InChI is InChI=1S/C42H52FN3O9S/c1-24-6-4-5-7-29-21-41(29,40(50)45-56(51,52)42(43)11-12-42)22-36(47)35-19-32(55-38-33-9-8-30(53-3)16-26(33)10-13-44-38)23-46(35)39(49)34(25(2)14-24)20-37(48)54-31-17-27-15-28(27)18-31/h5,7-10,13,16,24-25,27-29,31-32,34-35H,4,6,11-12,14-15,17-23H2,1-3H3,(H,45,50)/b7-5-/t24-,25-,27-,28+,29-,31?,32-,34+,35+,41-/m1/s1. The first-order valence-electron chi connectivity index (χ1n) is 20.2. The van der Waals surface area contributed by atoms with Crippen LogP contribution in [-0.2, 0) is 33.9 Å². The van der Waals surface area contributed by atoms with Gasteiger partial charge in [-0.05, 0) is 104 Å². The number of aromatic nitrogens is 1. The number of ketones is 1. The molecule has 0 bridgehead atoms. The van der Waals surface area contributed by atoms with Gasteiger partial charge in [-0.3, -0.25) is 19.2 Å². The van der Waals surface area contributed by atoms with E-state index in [2.05, 4.69) is 11.9 Å². The van der Waals surface area contributed by atoms with Gasteiger partial charge in [0, 0.05) is 37.3 Å². The summed E-state index contributed by atoms with van der Waals surface area (Å²) in [6, 6.07) is 6.29. The fourth-order valence-corrected chi connectivity index (χ4v) is 10.9. The van der Waals surface area contributed by atoms with Crippen molar-refractivity contribution in [2.45, 2.75) is 114 Å². The summed E-state index contributed by atoms with van der Waals surface area (Å²) in [6.45, 7) is 4.12. The van der Waals surface area contributed by atoms with Crippen molar-refractivity contribution in [3.63, 3.8) is 0 Å². The number of ether oxygens (including phenoxy) is 3. The first-order chi connectivity index (χ1) is 26.7. The molecule has 1 unspecified atom stereocenters. The minimum atomic E-state index is -4.61. The number of fused-ring (bicyclic) bond motifs is 4. The van der Waals surface area contributed by atoms with Gasteiger partial charge in [-0.2, -0.15) is 0 Å². The summed E-state index contributed by atoms with van der Waals surface area (Å²) in [4.78, 5) is 62.9. The maximum absolute atomic E-state index is 14.9. The van der Waals surface area contributed by atoms with Crippen LogP contribution in [0.4, 0.5) is 4.39 Å². The molecule has 302 valence electrons. The minimum absolute atomic E-state index is 0.0323. The molecule has 2 aromatic rings. The van der Waals surface area contributed by atoms with Crippen molar-refractivity contribution in [3.05, 3.63) is 42.6 Å². The van der Waals surface area contributed by atoms with Crippen molar-refractivity contribution in [1.82, 2.24) is 14.6 Å². The lowest BCUT2D eigenvalue weighted by molar-refractivity contribution is -0.155. The van der Waals surface area contributed by atoms with Crippen molar-refractivity contribution in [2.75, 3.05) is 13.7 Å². The van der Waals surface area contributed by atoms with Crippen molar-refractivity contribution in [1.29, 1.82) is 0 Å². The predicted molar refractivity (Wildman–Crippen MR) is 203 cm³/mol. The number of benzene rings is 1. The molecule has 12 nitrogen and oxygen atoms in total. The van der Waals surface area contributed by atoms with Crippen LogP contribution in [0.25, 0.3) is 10.8 Å². The van der Waals surface area contributed by atoms with Crippen LogP contribution < -0.4 is 14.2 Å². The van der Waals surface area contributed by atoms with Gasteiger partial charge in [0.15, 0.2) is 5.78 Å². The van der Waals surface area contributed by atoms with Gasteiger partial charge < -0.3 is 19.1 Å². The summed E-state index contributed by atoms with van der Waals surface area (Å²) in [5, 5.41) is -0.953. The predicted octanol–water partition coefficient (Wildman–Crippen LogP) is 5.82. The number of Topliss-reactive ketones (excluding diaryl/α,β-unsaturated/α-hetero) is 1. The normalized spacial score (nSPS) is 35.6. The van der Waals surface area contributed by atoms with Crippen LogP contribution in [0.1, 0.15) is 90.9 Å². The number of sulfonamides is 1. The van der Waals surface area contributed by atoms with Gasteiger partial charge in [0.25, 0.3) is 10.0 Å². The summed E-state index contributed by atoms with van der Waals surface area (Å²) in [7, 11) is -3.03. The van der Waals surface area contributed by atoms with Crippen LogP contribution in [0.3, 0.4) is 0 Å². The Hall–Kier alpha value is -4.07. The molecule has 56 heavy (non-hydrogen) atoms. The van der Waals surface area contributed by atoms with E-state index in [1.807, 2.05) is 42.0 Å². The Morgan fingerprint density at radius 3 is 2.54 bits per heavy atom. The number of amides is 2. The molecule has 1 aromatic carbocycles. The number of carbonyl (C=O) groups is 4. The highest BCUT2D eigenvalue weighted by molar-refractivity contribution is 7.91. The molecule has 6 aliphatic rings. The lowest BCUT2D eigenvalue weighted by atomic mass is 9.82. The summed E-state index contributed by atoms with van der Waals surface area (Å²) >= 11 is 0. The van der Waals surface area contributed by atoms with Gasteiger partial charge in [0.2, 0.25) is 22.7 Å². The maximum atomic E-state index is 14.9. The van der Waals surface area contributed by atoms with E-state index in [-0.39, 0.29) is 68.9 Å². The van der Waals surface area contributed by atoms with Crippen molar-refractivity contribution in [2.24, 2.45) is 40.9 Å². The van der Waals surface area contributed by atoms with Crippen molar-refractivity contribution < 1.29 is 46.2 Å². The van der Waals surface area contributed by atoms with Gasteiger partial charge in [-0.25, -0.2) is 22.5 Å². The van der Waals surface area contributed by atoms with E-state index >= 15 is 0 Å². The third-order valence-electron chi connectivity index (χ3n) is 13.4. The fraction of sp³-hybridized carbons (Fsp3) is 0.643. The Balaban J connectivity index is 1.10. The van der Waals surface area contributed by atoms with Crippen LogP contribution in [0.15, 0.2) is 42.6 Å². The number of methoxy groups -OCH3 is 1. The number of pyridine rings is 1. The Morgan fingerprint density at radius 1 is 1.04 bits per heavy atom. The zero-order valence-corrected chi connectivity index (χ0v) is 33.1. The molecule has 1 N–H and O–H groups in total. The van der Waals surface area contributed by atoms with Crippen LogP contribution in [0, 0.1) is 40.9 Å². The van der Waals surface area contributed by atoms with Crippen LogP contribution in [0.5, 0.6) is 11.6 Å². The average molecular weight is 794 g/mol. The highest BCUT2D eigenvalue weighted by Crippen LogP contribution is 2.58. The first-order valence-corrected chi connectivity index (χ1v) is 21.7. The van der Waals surface area contributed by atoms with Crippen LogP contribution in [0.2, 0.25) is 0 Å². The van der Waals surface area contributed by atoms with E-state index in [1.165, 1.54) is 11.3 Å². The molecule has 14 heteroatoms. The molecule has 2 amide bonds. The highest BCUT2D eigenvalue weighted by Gasteiger charge is 2.64. The second-order valence-electron chi connectivity index (χ2n) is 17.6. The highest BCUT2D eigenvalue weighted by atomic mass is 32.2. The second-order valence-corrected chi connectivity index (χ2v) is 19.5.